The zero-order valence-corrected chi connectivity index (χ0v) is 9.85. The summed E-state index contributed by atoms with van der Waals surface area (Å²) in [5.41, 5.74) is 1.80. The van der Waals surface area contributed by atoms with Crippen LogP contribution in [0.15, 0.2) is 24.3 Å². The van der Waals surface area contributed by atoms with Gasteiger partial charge in [0.05, 0.1) is 6.42 Å². The molecule has 0 aromatic heterocycles. The van der Waals surface area contributed by atoms with E-state index in [1.54, 1.807) is 6.92 Å². The van der Waals surface area contributed by atoms with Crippen LogP contribution in [0.3, 0.4) is 0 Å². The third-order valence-electron chi connectivity index (χ3n) is 3.17. The van der Waals surface area contributed by atoms with Gasteiger partial charge < -0.3 is 5.11 Å². The number of carboxylic acids is 1. The lowest BCUT2D eigenvalue weighted by Gasteiger charge is -2.11. The molecule has 0 spiro atoms. The van der Waals surface area contributed by atoms with E-state index in [1.165, 1.54) is 0 Å². The van der Waals surface area contributed by atoms with Crippen molar-refractivity contribution >= 4 is 11.8 Å². The van der Waals surface area contributed by atoms with E-state index < -0.39 is 11.9 Å². The van der Waals surface area contributed by atoms with E-state index in [-0.39, 0.29) is 12.2 Å². The highest BCUT2D eigenvalue weighted by Gasteiger charge is 2.29. The molecule has 1 aliphatic carbocycles. The molecule has 90 valence electrons. The van der Waals surface area contributed by atoms with Crippen molar-refractivity contribution in [3.05, 3.63) is 35.4 Å². The summed E-state index contributed by atoms with van der Waals surface area (Å²) >= 11 is 0. The zero-order valence-electron chi connectivity index (χ0n) is 9.85. The van der Waals surface area contributed by atoms with Crippen molar-refractivity contribution in [2.24, 2.45) is 5.92 Å². The van der Waals surface area contributed by atoms with Gasteiger partial charge in [-0.25, -0.2) is 0 Å². The normalized spacial score (nSPS) is 16.5. The van der Waals surface area contributed by atoms with Crippen LogP contribution in [0.25, 0.3) is 0 Å². The third kappa shape index (κ3) is 2.73. The van der Waals surface area contributed by atoms with Crippen molar-refractivity contribution in [3.8, 4) is 0 Å². The van der Waals surface area contributed by atoms with Gasteiger partial charge in [-0.1, -0.05) is 31.2 Å². The maximum absolute atomic E-state index is 12.2. The fourth-order valence-electron chi connectivity index (χ4n) is 2.09. The molecule has 0 aliphatic heterocycles. The molecular weight excluding hydrogens is 216 g/mol. The van der Waals surface area contributed by atoms with Gasteiger partial charge in [-0.3, -0.25) is 9.59 Å². The molecule has 17 heavy (non-hydrogen) atoms. The number of benzene rings is 1. The van der Waals surface area contributed by atoms with Crippen molar-refractivity contribution in [1.29, 1.82) is 0 Å². The van der Waals surface area contributed by atoms with E-state index >= 15 is 0 Å². The zero-order chi connectivity index (χ0) is 12.4. The van der Waals surface area contributed by atoms with Crippen LogP contribution in [0.4, 0.5) is 0 Å². The number of hydrogen-bond acceptors (Lipinski definition) is 2. The molecule has 1 N–H and O–H groups in total. The maximum Gasteiger partial charge on any atom is 0.304 e. The van der Waals surface area contributed by atoms with Crippen LogP contribution in [0.2, 0.25) is 0 Å². The van der Waals surface area contributed by atoms with Crippen LogP contribution in [0.1, 0.15) is 48.0 Å². The number of hydrogen-bond donors (Lipinski definition) is 1. The SMILES string of the molecule is CC(CC(=O)O)C(=O)c1ccccc1C1CC1. The molecule has 0 radical (unpaired) electrons. The average Bonchev–Trinajstić information content (AvgIpc) is 3.11. The van der Waals surface area contributed by atoms with Gasteiger partial charge in [-0.05, 0) is 24.3 Å². The summed E-state index contributed by atoms with van der Waals surface area (Å²) in [5.74, 6) is -0.913. The molecular formula is C14H16O3. The van der Waals surface area contributed by atoms with Crippen LogP contribution < -0.4 is 0 Å². The van der Waals surface area contributed by atoms with Crippen LogP contribution in [0.5, 0.6) is 0 Å². The molecule has 3 heteroatoms. The first kappa shape index (κ1) is 11.8. The Bertz CT molecular complexity index is 447. The molecule has 1 aromatic rings. The predicted octanol–water partition coefficient (Wildman–Crippen LogP) is 2.86. The number of Topliss-reactive ketones (excluding diaryl/α,β-unsaturated/α-hetero) is 1. The predicted molar refractivity (Wildman–Crippen MR) is 64.2 cm³/mol. The number of carbonyl (C=O) groups is 2. The highest BCUT2D eigenvalue weighted by atomic mass is 16.4. The smallest absolute Gasteiger partial charge is 0.304 e. The molecule has 0 amide bonds. The van der Waals surface area contributed by atoms with Gasteiger partial charge in [-0.2, -0.15) is 0 Å². The first-order chi connectivity index (χ1) is 8.09. The highest BCUT2D eigenvalue weighted by Crippen LogP contribution is 2.42. The minimum absolute atomic E-state index is 0.0464. The van der Waals surface area contributed by atoms with E-state index in [2.05, 4.69) is 0 Å². The Morgan fingerprint density at radius 2 is 2.00 bits per heavy atom. The number of aliphatic carboxylic acids is 1. The van der Waals surface area contributed by atoms with Crippen molar-refractivity contribution in [1.82, 2.24) is 0 Å². The summed E-state index contributed by atoms with van der Waals surface area (Å²) in [7, 11) is 0. The first-order valence-electron chi connectivity index (χ1n) is 5.94. The fourth-order valence-corrected chi connectivity index (χ4v) is 2.09. The second-order valence-electron chi connectivity index (χ2n) is 4.72. The second-order valence-corrected chi connectivity index (χ2v) is 4.72. The minimum atomic E-state index is -0.922. The van der Waals surface area contributed by atoms with Gasteiger partial charge in [0.1, 0.15) is 0 Å². The summed E-state index contributed by atoms with van der Waals surface area (Å²) in [4.78, 5) is 22.8. The Kier molecular flexibility index (Phi) is 3.27. The van der Waals surface area contributed by atoms with Crippen molar-refractivity contribution in [3.63, 3.8) is 0 Å². The van der Waals surface area contributed by atoms with Crippen molar-refractivity contribution in [2.45, 2.75) is 32.1 Å². The topological polar surface area (TPSA) is 54.4 Å². The van der Waals surface area contributed by atoms with Gasteiger partial charge in [-0.15, -0.1) is 0 Å². The molecule has 0 bridgehead atoms. The molecule has 1 unspecified atom stereocenters. The molecule has 1 fully saturated rings. The monoisotopic (exact) mass is 232 g/mol. The Labute approximate surface area is 100 Å². The average molecular weight is 232 g/mol. The largest absolute Gasteiger partial charge is 0.481 e. The Morgan fingerprint density at radius 1 is 1.35 bits per heavy atom. The number of carbonyl (C=O) groups excluding carboxylic acids is 1. The summed E-state index contributed by atoms with van der Waals surface area (Å²) in [6.07, 6.45) is 2.17. The lowest BCUT2D eigenvalue weighted by molar-refractivity contribution is -0.137. The third-order valence-corrected chi connectivity index (χ3v) is 3.17. The quantitative estimate of drug-likeness (QED) is 0.794. The first-order valence-corrected chi connectivity index (χ1v) is 5.94. The maximum atomic E-state index is 12.2. The Morgan fingerprint density at radius 3 is 2.59 bits per heavy atom. The standard InChI is InChI=1S/C14H16O3/c1-9(8-13(15)16)14(17)12-5-3-2-4-11(12)10-6-7-10/h2-5,9-10H,6-8H2,1H3,(H,15,16). The van der Waals surface area contributed by atoms with Crippen LogP contribution >= 0.6 is 0 Å². The van der Waals surface area contributed by atoms with Crippen molar-refractivity contribution < 1.29 is 14.7 Å². The summed E-state index contributed by atoms with van der Waals surface area (Å²) in [5, 5.41) is 8.72. The molecule has 3 nitrogen and oxygen atoms in total. The van der Waals surface area contributed by atoms with Gasteiger partial charge in [0, 0.05) is 11.5 Å². The Balaban J connectivity index is 2.21. The molecule has 1 saturated carbocycles. The lowest BCUT2D eigenvalue weighted by atomic mass is 9.91. The van der Waals surface area contributed by atoms with Crippen LogP contribution in [-0.2, 0) is 4.79 Å². The fraction of sp³-hybridized carbons (Fsp3) is 0.429. The summed E-state index contributed by atoms with van der Waals surface area (Å²) in [6, 6.07) is 7.58. The van der Waals surface area contributed by atoms with Crippen molar-refractivity contribution in [2.75, 3.05) is 0 Å². The minimum Gasteiger partial charge on any atom is -0.481 e. The van der Waals surface area contributed by atoms with Gasteiger partial charge in [0.15, 0.2) is 5.78 Å². The molecule has 1 aliphatic rings. The number of carboxylic acid groups (broad SMARTS) is 1. The van der Waals surface area contributed by atoms with E-state index in [0.29, 0.717) is 11.5 Å². The highest BCUT2D eigenvalue weighted by molar-refractivity contribution is 6.00. The van der Waals surface area contributed by atoms with Gasteiger partial charge >= 0.3 is 5.97 Å². The van der Waals surface area contributed by atoms with Crippen LogP contribution in [0, 0.1) is 5.92 Å². The van der Waals surface area contributed by atoms with E-state index in [9.17, 15) is 9.59 Å². The Hall–Kier alpha value is -1.64. The van der Waals surface area contributed by atoms with E-state index in [1.807, 2.05) is 24.3 Å². The summed E-state index contributed by atoms with van der Waals surface area (Å²) in [6.45, 7) is 1.68. The molecule has 0 saturated heterocycles. The van der Waals surface area contributed by atoms with Crippen LogP contribution in [-0.4, -0.2) is 16.9 Å². The molecule has 0 heterocycles. The lowest BCUT2D eigenvalue weighted by Crippen LogP contribution is -2.16. The van der Waals surface area contributed by atoms with E-state index in [0.717, 1.165) is 18.4 Å². The number of ketones is 1. The molecule has 1 atom stereocenters. The number of rotatable bonds is 5. The van der Waals surface area contributed by atoms with Gasteiger partial charge in [0.2, 0.25) is 0 Å². The second kappa shape index (κ2) is 4.70. The molecule has 1 aromatic carbocycles. The van der Waals surface area contributed by atoms with E-state index in [4.69, 9.17) is 5.11 Å². The summed E-state index contributed by atoms with van der Waals surface area (Å²) < 4.78 is 0. The molecule has 2 rings (SSSR count). The van der Waals surface area contributed by atoms with Gasteiger partial charge in [0.25, 0.3) is 0 Å².